The number of carbonyl (C=O) groups excluding carboxylic acids is 1. The molecule has 1 aromatic carbocycles. The summed E-state index contributed by atoms with van der Waals surface area (Å²) in [7, 11) is 1.59. The smallest absolute Gasteiger partial charge is 0.166 e. The van der Waals surface area contributed by atoms with Gasteiger partial charge in [-0.2, -0.15) is 0 Å². The zero-order chi connectivity index (χ0) is 10.1. The number of rotatable bonds is 2. The van der Waals surface area contributed by atoms with Gasteiger partial charge in [-0.15, -0.1) is 0 Å². The molecule has 0 fully saturated rings. The van der Waals surface area contributed by atoms with Crippen LogP contribution in [0.15, 0.2) is 12.1 Å². The Morgan fingerprint density at radius 1 is 1.43 bits per heavy atom. The maximum atomic E-state index is 13.3. The summed E-state index contributed by atoms with van der Waals surface area (Å²) >= 11 is 0. The first-order chi connectivity index (χ1) is 6.74. The van der Waals surface area contributed by atoms with Crippen LogP contribution >= 0.6 is 0 Å². The minimum Gasteiger partial charge on any atom is -0.380 e. The molecule has 0 radical (unpaired) electrons. The molecule has 0 bridgehead atoms. The van der Waals surface area contributed by atoms with Crippen molar-refractivity contribution in [1.29, 1.82) is 0 Å². The van der Waals surface area contributed by atoms with Gasteiger partial charge in [0.05, 0.1) is 12.2 Å². The van der Waals surface area contributed by atoms with E-state index in [1.807, 2.05) is 0 Å². The lowest BCUT2D eigenvalue weighted by Crippen LogP contribution is -2.00. The Balaban J connectivity index is 2.53. The third-order valence-electron chi connectivity index (χ3n) is 2.54. The van der Waals surface area contributed by atoms with Crippen LogP contribution in [0.1, 0.15) is 27.9 Å². The lowest BCUT2D eigenvalue weighted by Gasteiger charge is -2.06. The number of benzene rings is 1. The van der Waals surface area contributed by atoms with E-state index in [2.05, 4.69) is 0 Å². The van der Waals surface area contributed by atoms with Crippen molar-refractivity contribution in [3.05, 3.63) is 34.6 Å². The summed E-state index contributed by atoms with van der Waals surface area (Å²) < 4.78 is 18.3. The molecule has 0 saturated carbocycles. The normalized spacial score (nSPS) is 14.6. The van der Waals surface area contributed by atoms with Gasteiger partial charge in [-0.3, -0.25) is 4.79 Å². The predicted molar refractivity (Wildman–Crippen MR) is 49.8 cm³/mol. The minimum absolute atomic E-state index is 0.0875. The van der Waals surface area contributed by atoms with Crippen LogP contribution in [0.2, 0.25) is 0 Å². The summed E-state index contributed by atoms with van der Waals surface area (Å²) in [6, 6.07) is 3.03. The number of hydrogen-bond acceptors (Lipinski definition) is 2. The second-order valence-corrected chi connectivity index (χ2v) is 3.42. The number of Topliss-reactive ketones (excluding diaryl/α,β-unsaturated/α-hetero) is 1. The van der Waals surface area contributed by atoms with Crippen LogP contribution in [-0.4, -0.2) is 12.9 Å². The van der Waals surface area contributed by atoms with Gasteiger partial charge in [-0.05, 0) is 23.6 Å². The van der Waals surface area contributed by atoms with Crippen molar-refractivity contribution < 1.29 is 13.9 Å². The molecular formula is C11H11FO2. The minimum atomic E-state index is -0.401. The van der Waals surface area contributed by atoms with Gasteiger partial charge in [0.2, 0.25) is 0 Å². The average Bonchev–Trinajstić information content (AvgIpc) is 2.54. The van der Waals surface area contributed by atoms with E-state index in [0.29, 0.717) is 19.4 Å². The first kappa shape index (κ1) is 9.34. The van der Waals surface area contributed by atoms with Crippen LogP contribution in [0.25, 0.3) is 0 Å². The highest BCUT2D eigenvalue weighted by Gasteiger charge is 2.25. The Bertz CT molecular complexity index is 385. The molecule has 14 heavy (non-hydrogen) atoms. The molecule has 1 aromatic rings. The van der Waals surface area contributed by atoms with Crippen molar-refractivity contribution >= 4 is 5.78 Å². The van der Waals surface area contributed by atoms with Gasteiger partial charge >= 0.3 is 0 Å². The molecule has 0 aliphatic heterocycles. The molecule has 1 aliphatic carbocycles. The van der Waals surface area contributed by atoms with Gasteiger partial charge in [0.25, 0.3) is 0 Å². The summed E-state index contributed by atoms with van der Waals surface area (Å²) in [6.45, 7) is 0.440. The summed E-state index contributed by atoms with van der Waals surface area (Å²) in [5, 5.41) is 0. The Morgan fingerprint density at radius 2 is 2.21 bits per heavy atom. The number of methoxy groups -OCH3 is 1. The molecule has 3 heteroatoms. The van der Waals surface area contributed by atoms with Gasteiger partial charge < -0.3 is 4.74 Å². The fourth-order valence-corrected chi connectivity index (χ4v) is 1.90. The number of ether oxygens (including phenoxy) is 1. The highest BCUT2D eigenvalue weighted by atomic mass is 19.1. The Hall–Kier alpha value is -1.22. The van der Waals surface area contributed by atoms with E-state index < -0.39 is 5.82 Å². The van der Waals surface area contributed by atoms with Crippen LogP contribution in [0.5, 0.6) is 0 Å². The maximum absolute atomic E-state index is 13.3. The van der Waals surface area contributed by atoms with E-state index in [1.54, 1.807) is 13.2 Å². The van der Waals surface area contributed by atoms with Gasteiger partial charge in [-0.1, -0.05) is 6.07 Å². The highest BCUT2D eigenvalue weighted by molar-refractivity contribution is 6.01. The average molecular weight is 194 g/mol. The Labute approximate surface area is 81.7 Å². The number of ketones is 1. The van der Waals surface area contributed by atoms with Gasteiger partial charge in [0, 0.05) is 13.5 Å². The summed E-state index contributed by atoms with van der Waals surface area (Å²) in [5.41, 5.74) is 2.03. The number of hydrogen-bond donors (Lipinski definition) is 0. The van der Waals surface area contributed by atoms with E-state index in [-0.39, 0.29) is 11.3 Å². The second-order valence-electron chi connectivity index (χ2n) is 3.42. The van der Waals surface area contributed by atoms with Gasteiger partial charge in [0.1, 0.15) is 5.82 Å². The molecule has 74 valence electrons. The molecule has 0 heterocycles. The molecule has 2 nitrogen and oxygen atoms in total. The lowest BCUT2D eigenvalue weighted by atomic mass is 10.0. The lowest BCUT2D eigenvalue weighted by molar-refractivity contribution is 0.0991. The van der Waals surface area contributed by atoms with Crippen LogP contribution < -0.4 is 0 Å². The van der Waals surface area contributed by atoms with Crippen molar-refractivity contribution in [3.8, 4) is 0 Å². The van der Waals surface area contributed by atoms with Crippen molar-refractivity contribution in [1.82, 2.24) is 0 Å². The van der Waals surface area contributed by atoms with Crippen molar-refractivity contribution in [2.24, 2.45) is 0 Å². The van der Waals surface area contributed by atoms with Crippen molar-refractivity contribution in [3.63, 3.8) is 0 Å². The SMILES string of the molecule is COCc1ccc(F)c2c1CCC2=O. The topological polar surface area (TPSA) is 26.3 Å². The molecule has 0 N–H and O–H groups in total. The molecular weight excluding hydrogens is 183 g/mol. The number of fused-ring (bicyclic) bond motifs is 1. The first-order valence-corrected chi connectivity index (χ1v) is 4.56. The molecule has 1 aliphatic rings. The molecule has 0 amide bonds. The monoisotopic (exact) mass is 194 g/mol. The highest BCUT2D eigenvalue weighted by Crippen LogP contribution is 2.28. The van der Waals surface area contributed by atoms with E-state index in [0.717, 1.165) is 11.1 Å². The zero-order valence-corrected chi connectivity index (χ0v) is 7.97. The van der Waals surface area contributed by atoms with E-state index in [9.17, 15) is 9.18 Å². The van der Waals surface area contributed by atoms with E-state index in [4.69, 9.17) is 4.74 Å². The summed E-state index contributed by atoms with van der Waals surface area (Å²) in [5.74, 6) is -0.488. The fraction of sp³-hybridized carbons (Fsp3) is 0.364. The standard InChI is InChI=1S/C11H11FO2/c1-14-6-7-2-4-9(12)11-8(7)3-5-10(11)13/h2,4H,3,5-6H2,1H3. The van der Waals surface area contributed by atoms with Crippen LogP contribution in [-0.2, 0) is 17.8 Å². The van der Waals surface area contributed by atoms with Crippen LogP contribution in [0.3, 0.4) is 0 Å². The molecule has 0 atom stereocenters. The Kier molecular flexibility index (Phi) is 2.33. The Morgan fingerprint density at radius 3 is 2.93 bits per heavy atom. The fourth-order valence-electron chi connectivity index (χ4n) is 1.90. The zero-order valence-electron chi connectivity index (χ0n) is 7.97. The van der Waals surface area contributed by atoms with Crippen molar-refractivity contribution in [2.45, 2.75) is 19.4 Å². The summed E-state index contributed by atoms with van der Waals surface area (Å²) in [6.07, 6.45) is 1.07. The second kappa shape index (κ2) is 3.50. The number of carbonyl (C=O) groups is 1. The molecule has 2 rings (SSSR count). The molecule has 0 saturated heterocycles. The van der Waals surface area contributed by atoms with Crippen molar-refractivity contribution in [2.75, 3.05) is 7.11 Å². The largest absolute Gasteiger partial charge is 0.380 e. The van der Waals surface area contributed by atoms with Crippen LogP contribution in [0.4, 0.5) is 4.39 Å². The van der Waals surface area contributed by atoms with Crippen LogP contribution in [0, 0.1) is 5.82 Å². The first-order valence-electron chi connectivity index (χ1n) is 4.56. The molecule has 0 unspecified atom stereocenters. The predicted octanol–water partition coefficient (Wildman–Crippen LogP) is 2.10. The third-order valence-corrected chi connectivity index (χ3v) is 2.54. The number of halogens is 1. The van der Waals surface area contributed by atoms with E-state index in [1.165, 1.54) is 6.07 Å². The molecule has 0 spiro atoms. The molecule has 0 aromatic heterocycles. The van der Waals surface area contributed by atoms with E-state index >= 15 is 0 Å². The van der Waals surface area contributed by atoms with Gasteiger partial charge in [0.15, 0.2) is 5.78 Å². The van der Waals surface area contributed by atoms with Gasteiger partial charge in [-0.25, -0.2) is 4.39 Å². The maximum Gasteiger partial charge on any atom is 0.166 e. The third kappa shape index (κ3) is 1.34. The summed E-state index contributed by atoms with van der Waals surface area (Å²) in [4.78, 5) is 11.4. The quantitative estimate of drug-likeness (QED) is 0.720.